The van der Waals surface area contributed by atoms with Gasteiger partial charge in [-0.1, -0.05) is 6.92 Å². The molecule has 0 amide bonds. The fraction of sp³-hybridized carbons (Fsp3) is 0.444. The van der Waals surface area contributed by atoms with Crippen LogP contribution < -0.4 is 21.9 Å². The molecule has 3 rings (SSSR count). The van der Waals surface area contributed by atoms with E-state index in [2.05, 4.69) is 32.5 Å². The molecule has 11 heteroatoms. The lowest BCUT2D eigenvalue weighted by Gasteiger charge is -2.18. The predicted octanol–water partition coefficient (Wildman–Crippen LogP) is 1.67. The van der Waals surface area contributed by atoms with E-state index in [0.29, 0.717) is 18.9 Å². The van der Waals surface area contributed by atoms with Crippen molar-refractivity contribution in [1.82, 2.24) is 30.2 Å². The number of likely N-dealkylation sites (N-methyl/N-ethyl adjacent to an activating group) is 1. The van der Waals surface area contributed by atoms with Crippen LogP contribution in [0, 0.1) is 13.8 Å². The van der Waals surface area contributed by atoms with Crippen molar-refractivity contribution in [3.05, 3.63) is 44.1 Å². The fourth-order valence-electron chi connectivity index (χ4n) is 2.95. The van der Waals surface area contributed by atoms with E-state index in [1.54, 1.807) is 0 Å². The minimum Gasteiger partial charge on any atom is -0.321 e. The van der Waals surface area contributed by atoms with Gasteiger partial charge in [-0.15, -0.1) is 37.2 Å². The lowest BCUT2D eigenvalue weighted by molar-refractivity contribution is 0.579. The molecule has 0 saturated heterocycles. The van der Waals surface area contributed by atoms with Crippen LogP contribution in [0.1, 0.15) is 18.1 Å². The molecule has 0 bridgehead atoms. The minimum atomic E-state index is -0.652. The van der Waals surface area contributed by atoms with Gasteiger partial charge in [0.05, 0.1) is 11.0 Å². The average molecular weight is 466 g/mol. The van der Waals surface area contributed by atoms with Gasteiger partial charge < -0.3 is 15.2 Å². The number of nitrogens with one attached hydrogen (secondary N) is 3. The summed E-state index contributed by atoms with van der Waals surface area (Å²) in [7, 11) is 0. The zero-order valence-corrected chi connectivity index (χ0v) is 19.0. The molecule has 0 aromatic heterocycles. The lowest BCUT2D eigenvalue weighted by Crippen LogP contribution is -2.32. The second-order valence-corrected chi connectivity index (χ2v) is 6.34. The second-order valence-electron chi connectivity index (χ2n) is 6.34. The van der Waals surface area contributed by atoms with Crippen LogP contribution in [0.2, 0.25) is 0 Å². The summed E-state index contributed by atoms with van der Waals surface area (Å²) in [6.45, 7) is 10.1. The van der Waals surface area contributed by atoms with Crippen LogP contribution >= 0.6 is 37.2 Å². The Hall–Kier alpha value is -1.71. The Bertz CT molecular complexity index is 1020. The molecule has 0 spiro atoms. The number of halogens is 3. The third-order valence-electron chi connectivity index (χ3n) is 4.47. The van der Waals surface area contributed by atoms with Crippen LogP contribution in [-0.2, 0) is 6.54 Å². The van der Waals surface area contributed by atoms with Gasteiger partial charge in [-0.05, 0) is 43.7 Å². The molecule has 2 aliphatic heterocycles. The Morgan fingerprint density at radius 3 is 2.31 bits per heavy atom. The van der Waals surface area contributed by atoms with E-state index in [1.165, 1.54) is 0 Å². The monoisotopic (exact) mass is 464 g/mol. The first kappa shape index (κ1) is 27.3. The highest BCUT2D eigenvalue weighted by Gasteiger charge is 2.18. The average Bonchev–Trinajstić information content (AvgIpc) is 2.59. The van der Waals surface area contributed by atoms with Gasteiger partial charge in [0.15, 0.2) is 11.5 Å². The first-order valence-corrected chi connectivity index (χ1v) is 8.84. The number of hydrogen-bond donors (Lipinski definition) is 3. The van der Waals surface area contributed by atoms with Crippen molar-refractivity contribution in [3.63, 3.8) is 0 Å². The van der Waals surface area contributed by atoms with Gasteiger partial charge in [-0.25, -0.2) is 9.78 Å². The molecule has 0 radical (unpaired) electrons. The highest BCUT2D eigenvalue weighted by molar-refractivity contribution is 5.86. The van der Waals surface area contributed by atoms with E-state index < -0.39 is 11.2 Å². The van der Waals surface area contributed by atoms with Crippen LogP contribution in [0.4, 0.5) is 0 Å². The Balaban J connectivity index is 0.00000261. The van der Waals surface area contributed by atoms with E-state index in [1.807, 2.05) is 30.5 Å². The molecular weight excluding hydrogens is 439 g/mol. The molecule has 0 atom stereocenters. The van der Waals surface area contributed by atoms with E-state index >= 15 is 0 Å². The SMILES string of the molecule is CCNCCNCCn1c2nc(=O)[nH]c(=O)c-2nc2cc(C)c(C)cc21.Cl.Cl.Cl. The molecule has 0 saturated carbocycles. The highest BCUT2D eigenvalue weighted by Crippen LogP contribution is 2.23. The summed E-state index contributed by atoms with van der Waals surface area (Å²) in [5, 5.41) is 6.61. The Morgan fingerprint density at radius 2 is 1.62 bits per heavy atom. The molecule has 2 aliphatic rings. The quantitative estimate of drug-likeness (QED) is 0.362. The van der Waals surface area contributed by atoms with Crippen molar-refractivity contribution in [3.8, 4) is 11.5 Å². The molecule has 0 unspecified atom stereocenters. The molecule has 2 heterocycles. The van der Waals surface area contributed by atoms with Gasteiger partial charge in [0.1, 0.15) is 0 Å². The topological polar surface area (TPSA) is 105 Å². The van der Waals surface area contributed by atoms with Gasteiger partial charge in [-0.3, -0.25) is 9.78 Å². The number of aryl methyl sites for hydroxylation is 2. The van der Waals surface area contributed by atoms with Gasteiger partial charge >= 0.3 is 5.69 Å². The van der Waals surface area contributed by atoms with Crippen molar-refractivity contribution < 1.29 is 0 Å². The summed E-state index contributed by atoms with van der Waals surface area (Å²) in [5.74, 6) is 0.322. The van der Waals surface area contributed by atoms with Crippen LogP contribution in [0.5, 0.6) is 0 Å². The highest BCUT2D eigenvalue weighted by atomic mass is 35.5. The minimum absolute atomic E-state index is 0. The molecule has 29 heavy (non-hydrogen) atoms. The van der Waals surface area contributed by atoms with Crippen molar-refractivity contribution in [2.24, 2.45) is 0 Å². The standard InChI is InChI=1S/C18H24N6O2.3ClH/c1-4-19-5-6-20-7-8-24-14-10-12(3)11(2)9-13(14)21-15-16(24)22-18(26)23-17(15)25;;;/h9-10,19-20H,4-8H2,1-3H3,(H,23,25,26);3*1H. The van der Waals surface area contributed by atoms with Gasteiger partial charge in [-0.2, -0.15) is 4.98 Å². The van der Waals surface area contributed by atoms with Crippen LogP contribution in [0.3, 0.4) is 0 Å². The molecule has 0 fully saturated rings. The van der Waals surface area contributed by atoms with Crippen molar-refractivity contribution in [2.75, 3.05) is 26.2 Å². The van der Waals surface area contributed by atoms with E-state index in [9.17, 15) is 9.59 Å². The van der Waals surface area contributed by atoms with E-state index in [-0.39, 0.29) is 42.9 Å². The fourth-order valence-corrected chi connectivity index (χ4v) is 2.95. The lowest BCUT2D eigenvalue weighted by atomic mass is 10.1. The first-order valence-electron chi connectivity index (χ1n) is 8.84. The molecule has 0 aliphatic carbocycles. The van der Waals surface area contributed by atoms with Crippen molar-refractivity contribution >= 4 is 48.3 Å². The van der Waals surface area contributed by atoms with Crippen molar-refractivity contribution in [1.29, 1.82) is 0 Å². The summed E-state index contributed by atoms with van der Waals surface area (Å²) in [6, 6.07) is 3.99. The largest absolute Gasteiger partial charge is 0.349 e. The molecule has 8 nitrogen and oxygen atoms in total. The predicted molar refractivity (Wildman–Crippen MR) is 124 cm³/mol. The van der Waals surface area contributed by atoms with E-state index in [4.69, 9.17) is 0 Å². The number of rotatable bonds is 7. The third-order valence-corrected chi connectivity index (χ3v) is 4.47. The van der Waals surface area contributed by atoms with Crippen molar-refractivity contribution in [2.45, 2.75) is 27.3 Å². The summed E-state index contributed by atoms with van der Waals surface area (Å²) >= 11 is 0. The Morgan fingerprint density at radius 1 is 0.966 bits per heavy atom. The maximum atomic E-state index is 12.2. The van der Waals surface area contributed by atoms with Crippen LogP contribution in [0.25, 0.3) is 22.6 Å². The Labute approximate surface area is 187 Å². The maximum absolute atomic E-state index is 12.2. The second kappa shape index (κ2) is 12.1. The van der Waals surface area contributed by atoms with E-state index in [0.717, 1.165) is 41.8 Å². The third kappa shape index (κ3) is 6.13. The molecule has 3 N–H and O–H groups in total. The van der Waals surface area contributed by atoms with Gasteiger partial charge in [0.25, 0.3) is 5.56 Å². The van der Waals surface area contributed by atoms with Crippen LogP contribution in [-0.4, -0.2) is 45.7 Å². The first-order chi connectivity index (χ1) is 12.5. The zero-order chi connectivity index (χ0) is 18.7. The van der Waals surface area contributed by atoms with Gasteiger partial charge in [0.2, 0.25) is 0 Å². The molecule has 1 aromatic rings. The summed E-state index contributed by atoms with van der Waals surface area (Å²) in [4.78, 5) is 34.6. The maximum Gasteiger partial charge on any atom is 0.349 e. The number of H-pyrrole nitrogens is 1. The Kier molecular flexibility index (Phi) is 11.4. The number of aromatic nitrogens is 4. The number of aromatic amines is 1. The van der Waals surface area contributed by atoms with Crippen LogP contribution in [0.15, 0.2) is 21.7 Å². The molecule has 1 aromatic carbocycles. The van der Waals surface area contributed by atoms with Gasteiger partial charge in [0, 0.05) is 26.2 Å². The number of fused-ring (bicyclic) bond motifs is 2. The molecular formula is C18H27Cl3N6O2. The number of nitrogens with zero attached hydrogens (tertiary/aromatic N) is 3. The number of hydrogen-bond acceptors (Lipinski definition) is 6. The summed E-state index contributed by atoms with van der Waals surface area (Å²) in [6.07, 6.45) is 0. The normalized spacial score (nSPS) is 10.3. The number of benzene rings is 1. The summed E-state index contributed by atoms with van der Waals surface area (Å²) in [5.41, 5.74) is 2.85. The molecule has 162 valence electrons. The zero-order valence-electron chi connectivity index (χ0n) is 16.6. The summed E-state index contributed by atoms with van der Waals surface area (Å²) < 4.78 is 1.90. The smallest absolute Gasteiger partial charge is 0.321 e.